The van der Waals surface area contributed by atoms with E-state index in [2.05, 4.69) is 5.32 Å². The summed E-state index contributed by atoms with van der Waals surface area (Å²) >= 11 is 0. The maximum Gasteiger partial charge on any atom is 0.258 e. The summed E-state index contributed by atoms with van der Waals surface area (Å²) in [6, 6.07) is 3.78. The topological polar surface area (TPSA) is 58.6 Å². The summed E-state index contributed by atoms with van der Waals surface area (Å²) in [5.74, 6) is -1.70. The first-order chi connectivity index (χ1) is 9.18. The van der Waals surface area contributed by atoms with Crippen molar-refractivity contribution in [2.24, 2.45) is 0 Å². The van der Waals surface area contributed by atoms with Crippen LogP contribution in [0, 0.1) is 5.82 Å². The van der Waals surface area contributed by atoms with Crippen LogP contribution in [0.2, 0.25) is 0 Å². The fraction of sp³-hybridized carbons (Fsp3) is 0.500. The van der Waals surface area contributed by atoms with Crippen molar-refractivity contribution in [2.75, 3.05) is 13.2 Å². The lowest BCUT2D eigenvalue weighted by atomic mass is 10.2. The van der Waals surface area contributed by atoms with Crippen molar-refractivity contribution < 1.29 is 19.0 Å². The Morgan fingerprint density at radius 1 is 1.42 bits per heavy atom. The Kier molecular flexibility index (Phi) is 4.74. The number of ether oxygens (including phenoxy) is 1. The van der Waals surface area contributed by atoms with Gasteiger partial charge < -0.3 is 15.2 Å². The number of phenolic OH excluding ortho intramolecular Hbond substituents is 1. The van der Waals surface area contributed by atoms with E-state index in [-0.39, 0.29) is 11.3 Å². The third-order valence-corrected chi connectivity index (χ3v) is 3.26. The zero-order chi connectivity index (χ0) is 13.7. The molecule has 0 atom stereocenters. The second kappa shape index (κ2) is 6.52. The molecule has 4 nitrogen and oxygen atoms in total. The normalized spacial score (nSPS) is 15.6. The van der Waals surface area contributed by atoms with Gasteiger partial charge in [-0.05, 0) is 25.0 Å². The molecule has 2 rings (SSSR count). The summed E-state index contributed by atoms with van der Waals surface area (Å²) in [5, 5.41) is 12.0. The Balaban J connectivity index is 1.77. The number of carbonyl (C=O) groups is 1. The van der Waals surface area contributed by atoms with Crippen molar-refractivity contribution in [2.45, 2.75) is 31.8 Å². The summed E-state index contributed by atoms with van der Waals surface area (Å²) in [6.07, 6.45) is 4.82. The largest absolute Gasteiger partial charge is 0.507 e. The lowest BCUT2D eigenvalue weighted by Gasteiger charge is -2.12. The second-order valence-corrected chi connectivity index (χ2v) is 4.67. The quantitative estimate of drug-likeness (QED) is 0.804. The summed E-state index contributed by atoms with van der Waals surface area (Å²) in [5.41, 5.74) is -0.316. The van der Waals surface area contributed by atoms with E-state index in [9.17, 15) is 14.3 Å². The molecule has 0 unspecified atom stereocenters. The van der Waals surface area contributed by atoms with Gasteiger partial charge in [0.2, 0.25) is 0 Å². The van der Waals surface area contributed by atoms with Crippen LogP contribution in [0.25, 0.3) is 0 Å². The number of phenols is 1. The molecule has 0 spiro atoms. The highest BCUT2D eigenvalue weighted by Gasteiger charge is 2.17. The highest BCUT2D eigenvalue weighted by atomic mass is 19.1. The van der Waals surface area contributed by atoms with Crippen LogP contribution in [0.5, 0.6) is 5.75 Å². The lowest BCUT2D eigenvalue weighted by Crippen LogP contribution is -2.29. The first kappa shape index (κ1) is 13.8. The second-order valence-electron chi connectivity index (χ2n) is 4.67. The molecular formula is C14H18FNO3. The SMILES string of the molecule is O=C(NCCOC1CCCC1)c1c(O)cccc1F. The molecule has 2 N–H and O–H groups in total. The third-order valence-electron chi connectivity index (χ3n) is 3.26. The minimum absolute atomic E-state index is 0.291. The van der Waals surface area contributed by atoms with Gasteiger partial charge in [0, 0.05) is 6.54 Å². The number of hydrogen-bond acceptors (Lipinski definition) is 3. The third kappa shape index (κ3) is 3.67. The van der Waals surface area contributed by atoms with E-state index in [0.717, 1.165) is 18.9 Å². The maximum absolute atomic E-state index is 13.4. The standard InChI is InChI=1S/C14H18FNO3/c15-11-6-3-7-12(17)13(11)14(18)16-8-9-19-10-4-1-2-5-10/h3,6-7,10,17H,1-2,4-5,8-9H2,(H,16,18). The number of hydrogen-bond donors (Lipinski definition) is 2. The minimum atomic E-state index is -0.728. The van der Waals surface area contributed by atoms with Crippen molar-refractivity contribution in [3.63, 3.8) is 0 Å². The Morgan fingerprint density at radius 2 is 2.16 bits per heavy atom. The molecule has 0 saturated heterocycles. The molecule has 0 aliphatic heterocycles. The highest BCUT2D eigenvalue weighted by molar-refractivity contribution is 5.97. The van der Waals surface area contributed by atoms with Crippen molar-refractivity contribution >= 4 is 5.91 Å². The van der Waals surface area contributed by atoms with Crippen LogP contribution >= 0.6 is 0 Å². The molecule has 0 radical (unpaired) electrons. The van der Waals surface area contributed by atoms with Crippen LogP contribution in [0.3, 0.4) is 0 Å². The van der Waals surface area contributed by atoms with Crippen LogP contribution in [0.1, 0.15) is 36.0 Å². The molecule has 1 aliphatic rings. The number of aromatic hydroxyl groups is 1. The molecule has 0 bridgehead atoms. The molecule has 0 heterocycles. The van der Waals surface area contributed by atoms with Crippen LogP contribution in [-0.2, 0) is 4.74 Å². The van der Waals surface area contributed by atoms with Gasteiger partial charge in [-0.2, -0.15) is 0 Å². The van der Waals surface area contributed by atoms with E-state index in [4.69, 9.17) is 4.74 Å². The Bertz CT molecular complexity index is 424. The molecule has 5 heteroatoms. The van der Waals surface area contributed by atoms with Crippen molar-refractivity contribution in [1.29, 1.82) is 0 Å². The first-order valence-electron chi connectivity index (χ1n) is 6.56. The molecular weight excluding hydrogens is 249 g/mol. The van der Waals surface area contributed by atoms with E-state index in [0.29, 0.717) is 19.3 Å². The molecule has 1 aromatic rings. The predicted octanol–water partition coefficient (Wildman–Crippen LogP) is 2.22. The van der Waals surface area contributed by atoms with E-state index >= 15 is 0 Å². The number of carbonyl (C=O) groups excluding carboxylic acids is 1. The van der Waals surface area contributed by atoms with E-state index in [1.54, 1.807) is 0 Å². The maximum atomic E-state index is 13.4. The summed E-state index contributed by atoms with van der Waals surface area (Å²) in [4.78, 5) is 11.7. The van der Waals surface area contributed by atoms with Gasteiger partial charge in [0.25, 0.3) is 5.91 Å². The number of amides is 1. The smallest absolute Gasteiger partial charge is 0.258 e. The molecule has 104 valence electrons. The van der Waals surface area contributed by atoms with Gasteiger partial charge in [0.1, 0.15) is 17.1 Å². The molecule has 1 fully saturated rings. The molecule has 1 aromatic carbocycles. The number of nitrogens with one attached hydrogen (secondary N) is 1. The van der Waals surface area contributed by atoms with E-state index < -0.39 is 11.7 Å². The van der Waals surface area contributed by atoms with E-state index in [1.807, 2.05) is 0 Å². The van der Waals surface area contributed by atoms with Crippen molar-refractivity contribution in [3.05, 3.63) is 29.6 Å². The Labute approximate surface area is 111 Å². The average molecular weight is 267 g/mol. The monoisotopic (exact) mass is 267 g/mol. The van der Waals surface area contributed by atoms with Crippen LogP contribution in [-0.4, -0.2) is 30.3 Å². The number of benzene rings is 1. The van der Waals surface area contributed by atoms with Gasteiger partial charge in [-0.15, -0.1) is 0 Å². The van der Waals surface area contributed by atoms with Crippen LogP contribution in [0.15, 0.2) is 18.2 Å². The zero-order valence-electron chi connectivity index (χ0n) is 10.7. The van der Waals surface area contributed by atoms with Gasteiger partial charge in [0.15, 0.2) is 0 Å². The van der Waals surface area contributed by atoms with Crippen molar-refractivity contribution in [1.82, 2.24) is 5.32 Å². The van der Waals surface area contributed by atoms with Crippen LogP contribution in [0.4, 0.5) is 4.39 Å². The number of halogens is 1. The lowest BCUT2D eigenvalue weighted by molar-refractivity contribution is 0.0580. The first-order valence-corrected chi connectivity index (χ1v) is 6.56. The molecule has 1 saturated carbocycles. The molecule has 1 aliphatic carbocycles. The fourth-order valence-corrected chi connectivity index (χ4v) is 2.27. The molecule has 1 amide bonds. The van der Waals surface area contributed by atoms with Gasteiger partial charge in [-0.3, -0.25) is 4.79 Å². The van der Waals surface area contributed by atoms with Gasteiger partial charge in [-0.25, -0.2) is 4.39 Å². The minimum Gasteiger partial charge on any atom is -0.507 e. The average Bonchev–Trinajstić information content (AvgIpc) is 2.87. The van der Waals surface area contributed by atoms with Crippen LogP contribution < -0.4 is 5.32 Å². The number of rotatable bonds is 5. The summed E-state index contributed by atoms with van der Waals surface area (Å²) < 4.78 is 19.0. The summed E-state index contributed by atoms with van der Waals surface area (Å²) in [6.45, 7) is 0.717. The van der Waals surface area contributed by atoms with Gasteiger partial charge in [-0.1, -0.05) is 18.9 Å². The van der Waals surface area contributed by atoms with Gasteiger partial charge >= 0.3 is 0 Å². The zero-order valence-corrected chi connectivity index (χ0v) is 10.7. The fourth-order valence-electron chi connectivity index (χ4n) is 2.27. The summed E-state index contributed by atoms with van der Waals surface area (Å²) in [7, 11) is 0. The molecule has 19 heavy (non-hydrogen) atoms. The Morgan fingerprint density at radius 3 is 2.84 bits per heavy atom. The van der Waals surface area contributed by atoms with Crippen molar-refractivity contribution in [3.8, 4) is 5.75 Å². The molecule has 0 aromatic heterocycles. The van der Waals surface area contributed by atoms with Gasteiger partial charge in [0.05, 0.1) is 12.7 Å². The highest BCUT2D eigenvalue weighted by Crippen LogP contribution is 2.21. The predicted molar refractivity (Wildman–Crippen MR) is 68.6 cm³/mol. The van der Waals surface area contributed by atoms with E-state index in [1.165, 1.54) is 25.0 Å². The Hall–Kier alpha value is -1.62.